The van der Waals surface area contributed by atoms with Gasteiger partial charge in [-0.3, -0.25) is 19.3 Å². The third kappa shape index (κ3) is 4.78. The van der Waals surface area contributed by atoms with Gasteiger partial charge in [0.15, 0.2) is 11.5 Å². The number of benzene rings is 1. The fourth-order valence-corrected chi connectivity index (χ4v) is 3.95. The number of aryl methyl sites for hydroxylation is 1. The van der Waals surface area contributed by atoms with E-state index in [9.17, 15) is 14.4 Å². The SMILES string of the molecule is COc1ccc(CCCNC(=O)CCN2C(=O)[C@H]3CC=CC[C@H]3C2=O)cc1OC. The number of methoxy groups -OCH3 is 2. The minimum absolute atomic E-state index is 0.134. The van der Waals surface area contributed by atoms with E-state index in [-0.39, 0.29) is 42.5 Å². The molecule has 0 spiro atoms. The molecule has 1 saturated heterocycles. The van der Waals surface area contributed by atoms with Crippen LogP contribution in [0.2, 0.25) is 0 Å². The van der Waals surface area contributed by atoms with Crippen molar-refractivity contribution in [3.63, 3.8) is 0 Å². The van der Waals surface area contributed by atoms with Crippen LogP contribution in [0.1, 0.15) is 31.2 Å². The van der Waals surface area contributed by atoms with Crippen molar-refractivity contribution in [3.05, 3.63) is 35.9 Å². The average Bonchev–Trinajstić information content (AvgIpc) is 2.99. The lowest BCUT2D eigenvalue weighted by Gasteiger charge is -2.14. The van der Waals surface area contributed by atoms with Gasteiger partial charge in [-0.1, -0.05) is 18.2 Å². The van der Waals surface area contributed by atoms with Crippen LogP contribution >= 0.6 is 0 Å². The second kappa shape index (κ2) is 9.58. The minimum Gasteiger partial charge on any atom is -0.493 e. The number of hydrogen-bond donors (Lipinski definition) is 1. The van der Waals surface area contributed by atoms with Crippen LogP contribution in [-0.4, -0.2) is 49.9 Å². The van der Waals surface area contributed by atoms with Gasteiger partial charge in [-0.2, -0.15) is 0 Å². The third-order valence-electron chi connectivity index (χ3n) is 5.57. The van der Waals surface area contributed by atoms with Crippen molar-refractivity contribution < 1.29 is 23.9 Å². The molecule has 7 heteroatoms. The Morgan fingerprint density at radius 3 is 2.34 bits per heavy atom. The van der Waals surface area contributed by atoms with Crippen molar-refractivity contribution in [2.75, 3.05) is 27.3 Å². The number of hydrogen-bond acceptors (Lipinski definition) is 5. The summed E-state index contributed by atoms with van der Waals surface area (Å²) in [7, 11) is 3.20. The van der Waals surface area contributed by atoms with Gasteiger partial charge >= 0.3 is 0 Å². The molecule has 7 nitrogen and oxygen atoms in total. The van der Waals surface area contributed by atoms with Crippen molar-refractivity contribution >= 4 is 17.7 Å². The largest absolute Gasteiger partial charge is 0.493 e. The molecule has 0 bridgehead atoms. The number of nitrogens with zero attached hydrogens (tertiary/aromatic N) is 1. The normalized spacial score (nSPS) is 20.6. The summed E-state index contributed by atoms with van der Waals surface area (Å²) in [6.45, 7) is 0.691. The summed E-state index contributed by atoms with van der Waals surface area (Å²) < 4.78 is 10.5. The minimum atomic E-state index is -0.239. The van der Waals surface area contributed by atoms with E-state index in [0.29, 0.717) is 30.9 Å². The van der Waals surface area contributed by atoms with E-state index in [4.69, 9.17) is 9.47 Å². The van der Waals surface area contributed by atoms with Crippen LogP contribution in [0.3, 0.4) is 0 Å². The standard InChI is InChI=1S/C22H28N2O5/c1-28-18-10-9-15(14-19(18)29-2)6-5-12-23-20(25)11-13-24-21(26)16-7-3-4-8-17(16)22(24)27/h3-4,9-10,14,16-17H,5-8,11-13H2,1-2H3,(H,23,25)/t16-,17+. The van der Waals surface area contributed by atoms with Gasteiger partial charge in [0.1, 0.15) is 0 Å². The Bertz CT molecular complexity index is 778. The monoisotopic (exact) mass is 400 g/mol. The van der Waals surface area contributed by atoms with Crippen LogP contribution in [0.25, 0.3) is 0 Å². The number of likely N-dealkylation sites (tertiary alicyclic amines) is 1. The molecule has 0 radical (unpaired) electrons. The highest BCUT2D eigenvalue weighted by Gasteiger charge is 2.46. The van der Waals surface area contributed by atoms with Crippen molar-refractivity contribution in [1.29, 1.82) is 0 Å². The van der Waals surface area contributed by atoms with E-state index >= 15 is 0 Å². The molecule has 0 unspecified atom stereocenters. The number of carbonyl (C=O) groups is 3. The van der Waals surface area contributed by atoms with E-state index in [1.54, 1.807) is 14.2 Å². The van der Waals surface area contributed by atoms with E-state index in [2.05, 4.69) is 5.32 Å². The Morgan fingerprint density at radius 1 is 1.07 bits per heavy atom. The number of allylic oxidation sites excluding steroid dienone is 2. The maximum absolute atomic E-state index is 12.4. The maximum atomic E-state index is 12.4. The Kier molecular flexibility index (Phi) is 6.90. The number of nitrogens with one attached hydrogen (secondary N) is 1. The molecule has 3 rings (SSSR count). The Balaban J connectivity index is 1.38. The summed E-state index contributed by atoms with van der Waals surface area (Å²) in [5.41, 5.74) is 1.10. The fraction of sp³-hybridized carbons (Fsp3) is 0.500. The molecule has 1 heterocycles. The summed E-state index contributed by atoms with van der Waals surface area (Å²) in [4.78, 5) is 38.2. The van der Waals surface area contributed by atoms with Gasteiger partial charge in [0.2, 0.25) is 17.7 Å². The van der Waals surface area contributed by atoms with E-state index in [1.807, 2.05) is 30.4 Å². The number of amides is 3. The zero-order valence-corrected chi connectivity index (χ0v) is 17.0. The van der Waals surface area contributed by atoms with E-state index in [0.717, 1.165) is 18.4 Å². The van der Waals surface area contributed by atoms with Gasteiger partial charge in [-0.15, -0.1) is 0 Å². The molecule has 2 aliphatic rings. The van der Waals surface area contributed by atoms with Crippen molar-refractivity contribution in [2.45, 2.75) is 32.1 Å². The fourth-order valence-electron chi connectivity index (χ4n) is 3.95. The average molecular weight is 400 g/mol. The highest BCUT2D eigenvalue weighted by molar-refractivity contribution is 6.05. The van der Waals surface area contributed by atoms with E-state index in [1.165, 1.54) is 4.90 Å². The molecule has 0 aromatic heterocycles. The first-order chi connectivity index (χ1) is 14.0. The van der Waals surface area contributed by atoms with E-state index < -0.39 is 0 Å². The van der Waals surface area contributed by atoms with Gasteiger partial charge in [0.05, 0.1) is 26.1 Å². The zero-order chi connectivity index (χ0) is 20.8. The zero-order valence-electron chi connectivity index (χ0n) is 17.0. The lowest BCUT2D eigenvalue weighted by Crippen LogP contribution is -2.35. The second-order valence-corrected chi connectivity index (χ2v) is 7.38. The predicted molar refractivity (Wildman–Crippen MR) is 108 cm³/mol. The molecule has 29 heavy (non-hydrogen) atoms. The van der Waals surface area contributed by atoms with Gasteiger partial charge < -0.3 is 14.8 Å². The summed E-state index contributed by atoms with van der Waals surface area (Å²) in [6, 6.07) is 5.77. The summed E-state index contributed by atoms with van der Waals surface area (Å²) >= 11 is 0. The molecular weight excluding hydrogens is 372 g/mol. The molecule has 1 aliphatic carbocycles. The van der Waals surface area contributed by atoms with Gasteiger partial charge in [-0.05, 0) is 43.4 Å². The Labute approximate surface area is 171 Å². The quantitative estimate of drug-likeness (QED) is 0.390. The summed E-state index contributed by atoms with van der Waals surface area (Å²) in [5, 5.41) is 2.86. The molecule has 1 aromatic carbocycles. The highest BCUT2D eigenvalue weighted by Crippen LogP contribution is 2.35. The number of ether oxygens (including phenoxy) is 2. The van der Waals surface area contributed by atoms with Crippen LogP contribution in [-0.2, 0) is 20.8 Å². The summed E-state index contributed by atoms with van der Waals surface area (Å²) in [5.74, 6) is 0.479. The molecule has 1 aliphatic heterocycles. The first-order valence-corrected chi connectivity index (χ1v) is 10.0. The van der Waals surface area contributed by atoms with Crippen LogP contribution < -0.4 is 14.8 Å². The third-order valence-corrected chi connectivity index (χ3v) is 5.57. The molecule has 3 amide bonds. The van der Waals surface area contributed by atoms with Crippen LogP contribution in [0.5, 0.6) is 11.5 Å². The number of fused-ring (bicyclic) bond motifs is 1. The molecule has 156 valence electrons. The molecule has 0 saturated carbocycles. The lowest BCUT2D eigenvalue weighted by atomic mass is 9.85. The van der Waals surface area contributed by atoms with Crippen LogP contribution in [0.15, 0.2) is 30.4 Å². The first kappa shape index (κ1) is 20.9. The summed E-state index contributed by atoms with van der Waals surface area (Å²) in [6.07, 6.45) is 6.86. The topological polar surface area (TPSA) is 84.9 Å². The first-order valence-electron chi connectivity index (χ1n) is 10.0. The van der Waals surface area contributed by atoms with Gasteiger partial charge in [-0.25, -0.2) is 0 Å². The van der Waals surface area contributed by atoms with Gasteiger partial charge in [0.25, 0.3) is 0 Å². The number of carbonyl (C=O) groups excluding carboxylic acids is 3. The number of rotatable bonds is 9. The lowest BCUT2D eigenvalue weighted by molar-refractivity contribution is -0.140. The van der Waals surface area contributed by atoms with Crippen molar-refractivity contribution in [3.8, 4) is 11.5 Å². The van der Waals surface area contributed by atoms with Crippen molar-refractivity contribution in [2.24, 2.45) is 11.8 Å². The van der Waals surface area contributed by atoms with Crippen LogP contribution in [0, 0.1) is 11.8 Å². The molecule has 1 N–H and O–H groups in total. The highest BCUT2D eigenvalue weighted by atomic mass is 16.5. The Hall–Kier alpha value is -2.83. The van der Waals surface area contributed by atoms with Crippen LogP contribution in [0.4, 0.5) is 0 Å². The molecule has 1 aromatic rings. The maximum Gasteiger partial charge on any atom is 0.233 e. The molecule has 1 fully saturated rings. The Morgan fingerprint density at radius 2 is 1.72 bits per heavy atom. The van der Waals surface area contributed by atoms with Gasteiger partial charge in [0, 0.05) is 19.5 Å². The predicted octanol–water partition coefficient (Wildman–Crippen LogP) is 2.09. The number of imide groups is 1. The second-order valence-electron chi connectivity index (χ2n) is 7.38. The smallest absolute Gasteiger partial charge is 0.233 e. The molecule has 2 atom stereocenters. The van der Waals surface area contributed by atoms with Crippen molar-refractivity contribution in [1.82, 2.24) is 10.2 Å². The molecular formula is C22H28N2O5.